The molecule has 9 heteroatoms. The minimum Gasteiger partial charge on any atom is -0.375 e. The molecule has 0 atom stereocenters. The molecule has 0 unspecified atom stereocenters. The van der Waals surface area contributed by atoms with E-state index >= 15 is 0 Å². The zero-order valence-corrected chi connectivity index (χ0v) is 17.7. The van der Waals surface area contributed by atoms with Crippen molar-refractivity contribution in [3.63, 3.8) is 0 Å². The molecule has 0 amide bonds. The Balaban J connectivity index is 1.83. The molecule has 29 heavy (non-hydrogen) atoms. The van der Waals surface area contributed by atoms with Crippen LogP contribution in [-0.2, 0) is 9.84 Å². The largest absolute Gasteiger partial charge is 0.375 e. The molecule has 0 saturated carbocycles. The second-order valence-electron chi connectivity index (χ2n) is 6.79. The van der Waals surface area contributed by atoms with Crippen molar-refractivity contribution in [3.8, 4) is 11.4 Å². The minimum atomic E-state index is -3.26. The van der Waals surface area contributed by atoms with Crippen molar-refractivity contribution in [2.45, 2.75) is 18.7 Å². The van der Waals surface area contributed by atoms with Gasteiger partial charge in [-0.2, -0.15) is 0 Å². The van der Waals surface area contributed by atoms with Gasteiger partial charge in [0.2, 0.25) is 0 Å². The van der Waals surface area contributed by atoms with Gasteiger partial charge in [0.05, 0.1) is 4.90 Å². The highest BCUT2D eigenvalue weighted by atomic mass is 32.2. The van der Waals surface area contributed by atoms with Gasteiger partial charge in [0, 0.05) is 17.5 Å². The lowest BCUT2D eigenvalue weighted by Crippen LogP contribution is -2.01. The van der Waals surface area contributed by atoms with E-state index in [1.54, 1.807) is 24.3 Å². The average molecular weight is 426 g/mol. The van der Waals surface area contributed by atoms with Crippen molar-refractivity contribution < 1.29 is 8.42 Å². The van der Waals surface area contributed by atoms with Crippen LogP contribution in [0.2, 0.25) is 0 Å². The first-order valence-electron chi connectivity index (χ1n) is 8.80. The molecule has 0 radical (unpaired) electrons. The van der Waals surface area contributed by atoms with Crippen molar-refractivity contribution in [2.75, 3.05) is 17.3 Å². The fourth-order valence-corrected chi connectivity index (χ4v) is 4.46. The minimum absolute atomic E-state index is 0.255. The molecular formula is C20H19N5O2S2. The third-order valence-corrected chi connectivity index (χ3v) is 6.43. The van der Waals surface area contributed by atoms with Crippen LogP contribution in [-0.4, -0.2) is 29.6 Å². The van der Waals surface area contributed by atoms with E-state index in [0.717, 1.165) is 16.7 Å². The molecule has 0 spiro atoms. The van der Waals surface area contributed by atoms with E-state index in [2.05, 4.69) is 15.3 Å². The summed E-state index contributed by atoms with van der Waals surface area (Å²) in [5.74, 6) is 1.11. The summed E-state index contributed by atoms with van der Waals surface area (Å²) in [6, 6.07) is 12.5. The number of sulfone groups is 1. The Morgan fingerprint density at radius 3 is 2.24 bits per heavy atom. The van der Waals surface area contributed by atoms with E-state index in [1.165, 1.54) is 17.6 Å². The van der Waals surface area contributed by atoms with E-state index < -0.39 is 9.84 Å². The van der Waals surface area contributed by atoms with Gasteiger partial charge in [-0.25, -0.2) is 23.4 Å². The summed E-state index contributed by atoms with van der Waals surface area (Å²) in [4.78, 5) is 14.7. The van der Waals surface area contributed by atoms with Crippen molar-refractivity contribution in [1.29, 1.82) is 0 Å². The summed E-state index contributed by atoms with van der Waals surface area (Å²) < 4.78 is 23.4. The van der Waals surface area contributed by atoms with Gasteiger partial charge in [0.25, 0.3) is 0 Å². The highest BCUT2D eigenvalue weighted by Gasteiger charge is 2.17. The molecule has 2 heterocycles. The summed E-state index contributed by atoms with van der Waals surface area (Å²) in [6.07, 6.45) is 1.18. The molecule has 0 aliphatic heterocycles. The number of aromatic nitrogens is 3. The van der Waals surface area contributed by atoms with Gasteiger partial charge in [-0.3, -0.25) is 0 Å². The number of aryl methyl sites for hydroxylation is 2. The fourth-order valence-electron chi connectivity index (χ4n) is 3.13. The Kier molecular flexibility index (Phi) is 4.71. The molecule has 0 aliphatic rings. The van der Waals surface area contributed by atoms with E-state index in [9.17, 15) is 8.42 Å². The maximum atomic E-state index is 11.7. The molecule has 2 aromatic heterocycles. The van der Waals surface area contributed by atoms with Crippen LogP contribution in [0.3, 0.4) is 0 Å². The smallest absolute Gasteiger partial charge is 0.182 e. The third-order valence-electron chi connectivity index (χ3n) is 4.53. The number of anilines is 3. The second-order valence-corrected chi connectivity index (χ2v) is 9.81. The molecule has 148 valence electrons. The van der Waals surface area contributed by atoms with Gasteiger partial charge < -0.3 is 11.1 Å². The van der Waals surface area contributed by atoms with Gasteiger partial charge in [0.15, 0.2) is 31.4 Å². The summed E-state index contributed by atoms with van der Waals surface area (Å²) in [7, 11) is -3.26. The third kappa shape index (κ3) is 3.79. The molecule has 4 aromatic rings. The van der Waals surface area contributed by atoms with E-state index in [0.29, 0.717) is 32.8 Å². The first kappa shape index (κ1) is 19.3. The van der Waals surface area contributed by atoms with E-state index in [-0.39, 0.29) is 4.90 Å². The zero-order valence-electron chi connectivity index (χ0n) is 16.1. The predicted octanol–water partition coefficient (Wildman–Crippen LogP) is 4.10. The van der Waals surface area contributed by atoms with Crippen LogP contribution < -0.4 is 11.1 Å². The lowest BCUT2D eigenvalue weighted by Gasteiger charge is -2.11. The van der Waals surface area contributed by atoms with Crippen LogP contribution >= 0.6 is 11.3 Å². The number of hydrogen-bond acceptors (Lipinski definition) is 8. The number of fused-ring (bicyclic) bond motifs is 1. The normalized spacial score (nSPS) is 11.7. The van der Waals surface area contributed by atoms with Crippen LogP contribution in [0.1, 0.15) is 11.1 Å². The Hall–Kier alpha value is -3.04. The summed E-state index contributed by atoms with van der Waals surface area (Å²) >= 11 is 1.30. The molecule has 0 fully saturated rings. The average Bonchev–Trinajstić information content (AvgIpc) is 3.02. The van der Waals surface area contributed by atoms with Gasteiger partial charge in [0.1, 0.15) is 5.52 Å². The van der Waals surface area contributed by atoms with Crippen LogP contribution in [0.25, 0.3) is 21.7 Å². The van der Waals surface area contributed by atoms with Crippen LogP contribution in [0.15, 0.2) is 47.4 Å². The summed E-state index contributed by atoms with van der Waals surface area (Å²) in [5, 5.41) is 3.64. The first-order valence-corrected chi connectivity index (χ1v) is 11.5. The highest BCUT2D eigenvalue weighted by Crippen LogP contribution is 2.33. The SMILES string of the molecule is Cc1cccc(C)c1-c1nc(Nc2ccc(S(C)(=O)=O)cc2)c2nc(N)sc2n1. The number of nitrogens with one attached hydrogen (secondary N) is 1. The highest BCUT2D eigenvalue weighted by molar-refractivity contribution is 7.90. The topological polar surface area (TPSA) is 111 Å². The van der Waals surface area contributed by atoms with E-state index in [1.807, 2.05) is 32.0 Å². The monoisotopic (exact) mass is 425 g/mol. The molecule has 0 bridgehead atoms. The van der Waals surface area contributed by atoms with Crippen LogP contribution in [0.4, 0.5) is 16.6 Å². The molecule has 0 saturated heterocycles. The lowest BCUT2D eigenvalue weighted by atomic mass is 10.0. The quantitative estimate of drug-likeness (QED) is 0.506. The number of thiazole rings is 1. The van der Waals surface area contributed by atoms with Gasteiger partial charge in [-0.05, 0) is 49.2 Å². The standard InChI is InChI=1S/C20H19N5O2S2/c1-11-5-4-6-12(2)15(11)17-24-18(16-19(25-17)28-20(21)23-16)22-13-7-9-14(10-8-13)29(3,26)27/h4-10H,1-3H3,(H2,21,23)(H,22,24,25). The molecule has 7 nitrogen and oxygen atoms in total. The van der Waals surface area contributed by atoms with E-state index in [4.69, 9.17) is 10.7 Å². The maximum absolute atomic E-state index is 11.7. The maximum Gasteiger partial charge on any atom is 0.182 e. The lowest BCUT2D eigenvalue weighted by molar-refractivity contribution is 0.602. The second kappa shape index (κ2) is 7.09. The summed E-state index contributed by atoms with van der Waals surface area (Å²) in [5.41, 5.74) is 10.3. The number of nitrogens with zero attached hydrogens (tertiary/aromatic N) is 3. The molecule has 4 rings (SSSR count). The molecule has 0 aliphatic carbocycles. The molecule has 3 N–H and O–H groups in total. The van der Waals surface area contributed by atoms with Gasteiger partial charge >= 0.3 is 0 Å². The van der Waals surface area contributed by atoms with Crippen molar-refractivity contribution in [1.82, 2.24) is 15.0 Å². The number of nitrogens with two attached hydrogens (primary N) is 1. The molecule has 2 aromatic carbocycles. The molecular weight excluding hydrogens is 406 g/mol. The number of nitrogen functional groups attached to an aromatic ring is 1. The zero-order chi connectivity index (χ0) is 20.8. The van der Waals surface area contributed by atoms with Crippen molar-refractivity contribution in [2.24, 2.45) is 0 Å². The number of hydrogen-bond donors (Lipinski definition) is 2. The fraction of sp³-hybridized carbons (Fsp3) is 0.150. The predicted molar refractivity (Wildman–Crippen MR) is 117 cm³/mol. The van der Waals surface area contributed by atoms with Gasteiger partial charge in [-0.1, -0.05) is 29.5 Å². The van der Waals surface area contributed by atoms with Crippen LogP contribution in [0.5, 0.6) is 0 Å². The first-order chi connectivity index (χ1) is 13.7. The van der Waals surface area contributed by atoms with Crippen LogP contribution in [0, 0.1) is 13.8 Å². The Labute approximate surface area is 172 Å². The number of benzene rings is 2. The van der Waals surface area contributed by atoms with Crippen molar-refractivity contribution >= 4 is 48.2 Å². The Morgan fingerprint density at radius 2 is 1.62 bits per heavy atom. The van der Waals surface area contributed by atoms with Crippen molar-refractivity contribution in [3.05, 3.63) is 53.6 Å². The van der Waals surface area contributed by atoms with Gasteiger partial charge in [-0.15, -0.1) is 0 Å². The Morgan fingerprint density at radius 1 is 0.966 bits per heavy atom. The summed E-state index contributed by atoms with van der Waals surface area (Å²) in [6.45, 7) is 4.04. The number of rotatable bonds is 4. The Bertz CT molecular complexity index is 1310.